The Morgan fingerprint density at radius 2 is 1.33 bits per heavy atom. The van der Waals surface area contributed by atoms with Gasteiger partial charge in [-0.15, -0.1) is 0 Å². The third kappa shape index (κ3) is 4.95. The second-order valence-electron chi connectivity index (χ2n) is 9.69. The zero-order valence-electron chi connectivity index (χ0n) is 17.3. The van der Waals surface area contributed by atoms with E-state index in [9.17, 15) is 0 Å². The predicted octanol–water partition coefficient (Wildman–Crippen LogP) is 5.50. The first-order chi connectivity index (χ1) is 13.3. The van der Waals surface area contributed by atoms with E-state index in [-0.39, 0.29) is 0 Å². The molecule has 3 aliphatic rings. The Morgan fingerprint density at radius 3 is 2.00 bits per heavy atom. The van der Waals surface area contributed by atoms with Gasteiger partial charge in [0, 0.05) is 12.1 Å². The molecule has 0 aromatic heterocycles. The van der Waals surface area contributed by atoms with Crippen LogP contribution in [-0.2, 0) is 0 Å². The van der Waals surface area contributed by atoms with Crippen molar-refractivity contribution in [3.8, 4) is 0 Å². The molecule has 3 saturated carbocycles. The van der Waals surface area contributed by atoms with E-state index < -0.39 is 0 Å². The van der Waals surface area contributed by atoms with Gasteiger partial charge in [0.2, 0.25) is 0 Å². The summed E-state index contributed by atoms with van der Waals surface area (Å²) < 4.78 is 0. The largest absolute Gasteiger partial charge is 0.312 e. The van der Waals surface area contributed by atoms with E-state index in [1.165, 1.54) is 77.3 Å². The van der Waals surface area contributed by atoms with Crippen molar-refractivity contribution in [3.63, 3.8) is 0 Å². The lowest BCUT2D eigenvalue weighted by Gasteiger charge is -2.35. The standard InChI is InChI=1S/C25H40N2/c1-19-9-7-12-21(19)17-26-24-15-5-6-16-25(24)27-18-22-13-8-14-23(22)20-10-3-2-4-11-20/h2-4,10-11,19,21-27H,5-9,12-18H2,1H3. The highest BCUT2D eigenvalue weighted by Gasteiger charge is 2.31. The zero-order valence-corrected chi connectivity index (χ0v) is 17.3. The average Bonchev–Trinajstić information content (AvgIpc) is 3.35. The van der Waals surface area contributed by atoms with E-state index in [1.807, 2.05) is 0 Å². The molecule has 0 aliphatic heterocycles. The molecule has 0 radical (unpaired) electrons. The summed E-state index contributed by atoms with van der Waals surface area (Å²) >= 11 is 0. The van der Waals surface area contributed by atoms with Crippen LogP contribution >= 0.6 is 0 Å². The van der Waals surface area contributed by atoms with E-state index in [4.69, 9.17) is 0 Å². The smallest absolute Gasteiger partial charge is 0.0221 e. The zero-order chi connectivity index (χ0) is 18.5. The second-order valence-corrected chi connectivity index (χ2v) is 9.69. The Bertz CT molecular complexity index is 557. The van der Waals surface area contributed by atoms with Crippen LogP contribution in [0.4, 0.5) is 0 Å². The minimum atomic E-state index is 0.687. The molecule has 27 heavy (non-hydrogen) atoms. The lowest BCUT2D eigenvalue weighted by Crippen LogP contribution is -2.52. The fourth-order valence-electron chi connectivity index (χ4n) is 6.17. The van der Waals surface area contributed by atoms with Crippen LogP contribution in [0.3, 0.4) is 0 Å². The predicted molar refractivity (Wildman–Crippen MR) is 115 cm³/mol. The highest BCUT2D eigenvalue weighted by molar-refractivity contribution is 5.21. The first-order valence-corrected chi connectivity index (χ1v) is 11.8. The Hall–Kier alpha value is -0.860. The van der Waals surface area contributed by atoms with E-state index in [2.05, 4.69) is 47.9 Å². The SMILES string of the molecule is CC1CCCC1CNC1CCCCC1NCC1CCCC1c1ccccc1. The van der Waals surface area contributed by atoms with Gasteiger partial charge in [-0.1, -0.05) is 69.4 Å². The van der Waals surface area contributed by atoms with Gasteiger partial charge < -0.3 is 10.6 Å². The molecule has 0 saturated heterocycles. The molecule has 2 N–H and O–H groups in total. The van der Waals surface area contributed by atoms with Gasteiger partial charge in [0.1, 0.15) is 0 Å². The van der Waals surface area contributed by atoms with Crippen LogP contribution in [0.5, 0.6) is 0 Å². The van der Waals surface area contributed by atoms with Crippen LogP contribution in [0.1, 0.15) is 82.6 Å². The quantitative estimate of drug-likeness (QED) is 0.664. The van der Waals surface area contributed by atoms with Gasteiger partial charge >= 0.3 is 0 Å². The Balaban J connectivity index is 1.29. The molecule has 1 aromatic rings. The van der Waals surface area contributed by atoms with Gasteiger partial charge in [-0.2, -0.15) is 0 Å². The Kier molecular flexibility index (Phi) is 6.89. The van der Waals surface area contributed by atoms with Crippen molar-refractivity contribution in [2.75, 3.05) is 13.1 Å². The minimum Gasteiger partial charge on any atom is -0.312 e. The van der Waals surface area contributed by atoms with Crippen molar-refractivity contribution in [3.05, 3.63) is 35.9 Å². The third-order valence-corrected chi connectivity index (χ3v) is 7.98. The monoisotopic (exact) mass is 368 g/mol. The molecule has 6 atom stereocenters. The van der Waals surface area contributed by atoms with Crippen LogP contribution < -0.4 is 10.6 Å². The summed E-state index contributed by atoms with van der Waals surface area (Å²) in [5.74, 6) is 3.44. The van der Waals surface area contributed by atoms with Gasteiger partial charge in [-0.05, 0) is 74.4 Å². The molecule has 0 spiro atoms. The molecule has 2 nitrogen and oxygen atoms in total. The highest BCUT2D eigenvalue weighted by Crippen LogP contribution is 2.39. The third-order valence-electron chi connectivity index (χ3n) is 7.98. The maximum atomic E-state index is 4.04. The lowest BCUT2D eigenvalue weighted by atomic mass is 9.86. The fourth-order valence-corrected chi connectivity index (χ4v) is 6.17. The van der Waals surface area contributed by atoms with Crippen LogP contribution in [0.2, 0.25) is 0 Å². The van der Waals surface area contributed by atoms with E-state index in [1.54, 1.807) is 5.56 Å². The van der Waals surface area contributed by atoms with E-state index in [0.717, 1.165) is 23.7 Å². The lowest BCUT2D eigenvalue weighted by molar-refractivity contribution is 0.251. The van der Waals surface area contributed by atoms with Crippen molar-refractivity contribution >= 4 is 0 Å². The number of hydrogen-bond donors (Lipinski definition) is 2. The number of rotatable bonds is 7. The Morgan fingerprint density at radius 1 is 0.704 bits per heavy atom. The van der Waals surface area contributed by atoms with Crippen LogP contribution in [-0.4, -0.2) is 25.2 Å². The second kappa shape index (κ2) is 9.56. The van der Waals surface area contributed by atoms with Gasteiger partial charge in [0.15, 0.2) is 0 Å². The summed E-state index contributed by atoms with van der Waals surface area (Å²) in [5, 5.41) is 8.04. The maximum Gasteiger partial charge on any atom is 0.0221 e. The average molecular weight is 369 g/mol. The number of benzene rings is 1. The van der Waals surface area contributed by atoms with E-state index >= 15 is 0 Å². The molecular formula is C25H40N2. The summed E-state index contributed by atoms with van der Waals surface area (Å²) in [6.45, 7) is 4.92. The molecule has 0 amide bonds. The molecule has 0 bridgehead atoms. The molecular weight excluding hydrogens is 328 g/mol. The topological polar surface area (TPSA) is 24.1 Å². The first-order valence-electron chi connectivity index (χ1n) is 11.8. The van der Waals surface area contributed by atoms with Crippen molar-refractivity contribution < 1.29 is 0 Å². The first kappa shape index (κ1) is 19.5. The van der Waals surface area contributed by atoms with Gasteiger partial charge in [0.05, 0.1) is 0 Å². The molecule has 1 aromatic carbocycles. The maximum absolute atomic E-state index is 4.04. The fraction of sp³-hybridized carbons (Fsp3) is 0.760. The van der Waals surface area contributed by atoms with Crippen LogP contribution in [0, 0.1) is 17.8 Å². The van der Waals surface area contributed by atoms with Crippen LogP contribution in [0.25, 0.3) is 0 Å². The van der Waals surface area contributed by atoms with Crippen molar-refractivity contribution in [1.29, 1.82) is 0 Å². The molecule has 150 valence electrons. The van der Waals surface area contributed by atoms with Crippen molar-refractivity contribution in [2.24, 2.45) is 17.8 Å². The van der Waals surface area contributed by atoms with Crippen LogP contribution in [0.15, 0.2) is 30.3 Å². The number of hydrogen-bond acceptors (Lipinski definition) is 2. The highest BCUT2D eigenvalue weighted by atomic mass is 15.0. The molecule has 6 unspecified atom stereocenters. The van der Waals surface area contributed by atoms with Gasteiger partial charge in [-0.25, -0.2) is 0 Å². The summed E-state index contributed by atoms with van der Waals surface area (Å²) in [6.07, 6.45) is 14.1. The number of nitrogens with one attached hydrogen (secondary N) is 2. The van der Waals surface area contributed by atoms with E-state index in [0.29, 0.717) is 12.1 Å². The Labute approximate surface area is 166 Å². The summed E-state index contributed by atoms with van der Waals surface area (Å²) in [5.41, 5.74) is 1.57. The van der Waals surface area contributed by atoms with Gasteiger partial charge in [-0.3, -0.25) is 0 Å². The molecule has 0 heterocycles. The molecule has 3 aliphatic carbocycles. The normalized spacial score (nSPS) is 36.9. The van der Waals surface area contributed by atoms with Crippen molar-refractivity contribution in [1.82, 2.24) is 10.6 Å². The minimum absolute atomic E-state index is 0.687. The molecule has 3 fully saturated rings. The summed E-state index contributed by atoms with van der Waals surface area (Å²) in [7, 11) is 0. The summed E-state index contributed by atoms with van der Waals surface area (Å²) in [6, 6.07) is 12.6. The van der Waals surface area contributed by atoms with Gasteiger partial charge in [0.25, 0.3) is 0 Å². The summed E-state index contributed by atoms with van der Waals surface area (Å²) in [4.78, 5) is 0. The molecule has 4 rings (SSSR count). The van der Waals surface area contributed by atoms with Crippen molar-refractivity contribution in [2.45, 2.75) is 89.1 Å². The molecule has 2 heteroatoms.